The number of piperidine rings is 1. The number of aromatic nitrogens is 2. The molecule has 1 atom stereocenters. The number of fused-ring (bicyclic) bond motifs is 1. The average molecular weight is 357 g/mol. The van der Waals surface area contributed by atoms with E-state index >= 15 is 0 Å². The van der Waals surface area contributed by atoms with Gasteiger partial charge < -0.3 is 5.11 Å². The van der Waals surface area contributed by atoms with E-state index in [-0.39, 0.29) is 0 Å². The molecule has 3 heterocycles. The Labute approximate surface area is 151 Å². The molecular formula is C19H23N3O2S. The van der Waals surface area contributed by atoms with Crippen LogP contribution in [-0.2, 0) is 17.6 Å². The molecule has 1 N–H and O–H groups in total. The third-order valence-electron chi connectivity index (χ3n) is 5.34. The summed E-state index contributed by atoms with van der Waals surface area (Å²) in [6.45, 7) is 1.58. The van der Waals surface area contributed by atoms with E-state index in [1.165, 1.54) is 34.8 Å². The van der Waals surface area contributed by atoms with Crippen LogP contribution in [0.2, 0.25) is 0 Å². The molecule has 1 aliphatic carbocycles. The minimum absolute atomic E-state index is 0.482. The van der Waals surface area contributed by atoms with Gasteiger partial charge in [0.1, 0.15) is 6.04 Å². The van der Waals surface area contributed by atoms with Gasteiger partial charge in [0.15, 0.2) is 0 Å². The molecule has 0 radical (unpaired) electrons. The van der Waals surface area contributed by atoms with Gasteiger partial charge in [-0.15, -0.1) is 11.3 Å². The van der Waals surface area contributed by atoms with E-state index in [1.54, 1.807) is 18.5 Å². The first-order valence-corrected chi connectivity index (χ1v) is 9.89. The number of rotatable bonds is 4. The minimum atomic E-state index is -0.795. The molecule has 2 aromatic rings. The third-order valence-corrected chi connectivity index (χ3v) is 6.66. The highest BCUT2D eigenvalue weighted by Gasteiger charge is 2.32. The number of hydrogen-bond acceptors (Lipinski definition) is 5. The predicted molar refractivity (Wildman–Crippen MR) is 96.9 cm³/mol. The van der Waals surface area contributed by atoms with E-state index in [4.69, 9.17) is 4.98 Å². The Balaban J connectivity index is 1.45. The fourth-order valence-electron chi connectivity index (χ4n) is 4.00. The summed E-state index contributed by atoms with van der Waals surface area (Å²) < 4.78 is 0. The Hall–Kier alpha value is -1.79. The van der Waals surface area contributed by atoms with Gasteiger partial charge in [-0.05, 0) is 63.2 Å². The fraction of sp³-hybridized carbons (Fsp3) is 0.526. The third kappa shape index (κ3) is 3.46. The van der Waals surface area contributed by atoms with Crippen LogP contribution in [-0.4, -0.2) is 39.0 Å². The first kappa shape index (κ1) is 16.7. The van der Waals surface area contributed by atoms with Crippen LogP contribution in [0.1, 0.15) is 58.8 Å². The summed E-state index contributed by atoms with van der Waals surface area (Å²) in [7, 11) is 0. The zero-order chi connectivity index (χ0) is 17.2. The van der Waals surface area contributed by atoms with E-state index in [2.05, 4.69) is 9.88 Å². The number of carbonyl (C=O) groups is 1. The molecular weight excluding hydrogens is 334 g/mol. The Kier molecular flexibility index (Phi) is 4.81. The van der Waals surface area contributed by atoms with Gasteiger partial charge in [0.05, 0.1) is 10.7 Å². The second-order valence-corrected chi connectivity index (χ2v) is 8.08. The number of carboxylic acids is 1. The van der Waals surface area contributed by atoms with Gasteiger partial charge >= 0.3 is 5.97 Å². The van der Waals surface area contributed by atoms with Crippen molar-refractivity contribution in [3.8, 4) is 0 Å². The molecule has 0 saturated carbocycles. The number of aryl methyl sites for hydroxylation is 2. The van der Waals surface area contributed by atoms with Crippen molar-refractivity contribution in [1.82, 2.24) is 14.9 Å². The van der Waals surface area contributed by atoms with E-state index in [1.807, 2.05) is 17.4 Å². The Bertz CT molecular complexity index is 715. The lowest BCUT2D eigenvalue weighted by Gasteiger charge is -2.35. The van der Waals surface area contributed by atoms with Crippen molar-refractivity contribution in [3.63, 3.8) is 0 Å². The minimum Gasteiger partial charge on any atom is -0.480 e. The van der Waals surface area contributed by atoms with Crippen molar-refractivity contribution in [2.24, 2.45) is 0 Å². The van der Waals surface area contributed by atoms with E-state index in [0.29, 0.717) is 5.92 Å². The second kappa shape index (κ2) is 7.22. The number of nitrogens with zero attached hydrogens (tertiary/aromatic N) is 3. The molecule has 6 heteroatoms. The van der Waals surface area contributed by atoms with Gasteiger partial charge in [0.25, 0.3) is 0 Å². The van der Waals surface area contributed by atoms with Crippen LogP contribution in [0.3, 0.4) is 0 Å². The first-order valence-electron chi connectivity index (χ1n) is 9.07. The summed E-state index contributed by atoms with van der Waals surface area (Å²) in [6.07, 6.45) is 10.2. The van der Waals surface area contributed by atoms with Gasteiger partial charge in [-0.2, -0.15) is 0 Å². The zero-order valence-electron chi connectivity index (χ0n) is 14.2. The van der Waals surface area contributed by atoms with Crippen molar-refractivity contribution in [3.05, 3.63) is 45.7 Å². The molecule has 0 aromatic carbocycles. The zero-order valence-corrected chi connectivity index (χ0v) is 15.0. The van der Waals surface area contributed by atoms with E-state index in [0.717, 1.165) is 37.9 Å². The van der Waals surface area contributed by atoms with Gasteiger partial charge in [-0.1, -0.05) is 6.07 Å². The maximum absolute atomic E-state index is 11.8. The molecule has 0 amide bonds. The molecule has 0 bridgehead atoms. The van der Waals surface area contributed by atoms with Gasteiger partial charge in [0, 0.05) is 23.2 Å². The summed E-state index contributed by atoms with van der Waals surface area (Å²) >= 11 is 1.90. The average Bonchev–Trinajstić information content (AvgIpc) is 3.07. The van der Waals surface area contributed by atoms with Crippen LogP contribution in [0.4, 0.5) is 0 Å². The number of thiazole rings is 1. The maximum atomic E-state index is 11.8. The lowest BCUT2D eigenvalue weighted by atomic mass is 9.95. The summed E-state index contributed by atoms with van der Waals surface area (Å²) in [6, 6.07) is 3.06. The molecule has 1 saturated heterocycles. The Morgan fingerprint density at radius 2 is 2.08 bits per heavy atom. The highest BCUT2D eigenvalue weighted by molar-refractivity contribution is 7.11. The quantitative estimate of drug-likeness (QED) is 0.908. The summed E-state index contributed by atoms with van der Waals surface area (Å²) in [5, 5.41) is 11.0. The molecule has 1 fully saturated rings. The number of pyridine rings is 1. The molecule has 1 unspecified atom stereocenters. The van der Waals surface area contributed by atoms with Crippen LogP contribution in [0, 0.1) is 0 Å². The van der Waals surface area contributed by atoms with Crippen molar-refractivity contribution < 1.29 is 9.90 Å². The molecule has 2 aromatic heterocycles. The molecule has 1 aliphatic heterocycles. The van der Waals surface area contributed by atoms with Crippen LogP contribution in [0.15, 0.2) is 24.5 Å². The topological polar surface area (TPSA) is 66.3 Å². The van der Waals surface area contributed by atoms with Crippen LogP contribution in [0.5, 0.6) is 0 Å². The Morgan fingerprint density at radius 3 is 2.76 bits per heavy atom. The van der Waals surface area contributed by atoms with Crippen LogP contribution < -0.4 is 0 Å². The Morgan fingerprint density at radius 1 is 1.28 bits per heavy atom. The number of aliphatic carboxylic acids is 1. The number of hydrogen-bond donors (Lipinski definition) is 1. The highest BCUT2D eigenvalue weighted by atomic mass is 32.1. The monoisotopic (exact) mass is 357 g/mol. The van der Waals surface area contributed by atoms with Crippen molar-refractivity contribution in [2.75, 3.05) is 13.1 Å². The summed E-state index contributed by atoms with van der Waals surface area (Å²) in [4.78, 5) is 24.4. The lowest BCUT2D eigenvalue weighted by Crippen LogP contribution is -2.39. The first-order chi connectivity index (χ1) is 12.2. The normalized spacial score (nSPS) is 20.2. The molecule has 2 aliphatic rings. The molecule has 0 spiro atoms. The number of carboxylic acid groups (broad SMARTS) is 1. The summed E-state index contributed by atoms with van der Waals surface area (Å²) in [5.41, 5.74) is 2.09. The second-order valence-electron chi connectivity index (χ2n) is 6.97. The standard InChI is InChI=1S/C19H23N3O2S/c23-19(24)17(14-4-3-9-20-12-14)22-10-7-13(8-11-22)18-21-15-5-1-2-6-16(15)25-18/h3-4,9,12-13,17H,1-2,5-8,10-11H2,(H,23,24). The lowest BCUT2D eigenvalue weighted by molar-refractivity contribution is -0.144. The van der Waals surface area contributed by atoms with E-state index < -0.39 is 12.0 Å². The largest absolute Gasteiger partial charge is 0.480 e. The van der Waals surface area contributed by atoms with Crippen molar-refractivity contribution in [2.45, 2.75) is 50.5 Å². The summed E-state index contributed by atoms with van der Waals surface area (Å²) in [5.74, 6) is -0.314. The predicted octanol–water partition coefficient (Wildman–Crippen LogP) is 3.42. The van der Waals surface area contributed by atoms with Gasteiger partial charge in [0.2, 0.25) is 0 Å². The smallest absolute Gasteiger partial charge is 0.325 e. The van der Waals surface area contributed by atoms with Crippen molar-refractivity contribution in [1.29, 1.82) is 0 Å². The molecule has 132 valence electrons. The molecule has 25 heavy (non-hydrogen) atoms. The SMILES string of the molecule is O=C(O)C(c1cccnc1)N1CCC(c2nc3c(s2)CCCC3)CC1. The molecule has 5 nitrogen and oxygen atoms in total. The van der Waals surface area contributed by atoms with Gasteiger partial charge in [-0.3, -0.25) is 14.7 Å². The van der Waals surface area contributed by atoms with E-state index in [9.17, 15) is 9.90 Å². The molecule has 4 rings (SSSR count). The number of likely N-dealkylation sites (tertiary alicyclic amines) is 1. The van der Waals surface area contributed by atoms with Crippen molar-refractivity contribution >= 4 is 17.3 Å². The fourth-order valence-corrected chi connectivity index (χ4v) is 5.32. The maximum Gasteiger partial charge on any atom is 0.325 e. The van der Waals surface area contributed by atoms with Gasteiger partial charge in [-0.25, -0.2) is 4.98 Å². The highest BCUT2D eigenvalue weighted by Crippen LogP contribution is 2.37. The van der Waals surface area contributed by atoms with Crippen LogP contribution in [0.25, 0.3) is 0 Å². The van der Waals surface area contributed by atoms with Crippen LogP contribution >= 0.6 is 11.3 Å².